The largest absolute Gasteiger partial charge is 0.303 e. The Morgan fingerprint density at radius 3 is 2.17 bits per heavy atom. The van der Waals surface area contributed by atoms with Crippen LogP contribution in [-0.2, 0) is 0 Å². The van der Waals surface area contributed by atoms with Crippen LogP contribution in [-0.4, -0.2) is 106 Å². The van der Waals surface area contributed by atoms with E-state index in [4.69, 9.17) is 0 Å². The first kappa shape index (κ1) is 15.8. The van der Waals surface area contributed by atoms with Gasteiger partial charge in [-0.2, -0.15) is 0 Å². The zero-order valence-corrected chi connectivity index (χ0v) is 13.0. The Morgan fingerprint density at radius 1 is 1.00 bits per heavy atom. The van der Waals surface area contributed by atoms with Gasteiger partial charge in [0.25, 0.3) is 0 Å². The van der Waals surface area contributed by atoms with Crippen molar-refractivity contribution in [2.75, 3.05) is 82.3 Å². The Morgan fingerprint density at radius 2 is 1.61 bits per heavy atom. The lowest BCUT2D eigenvalue weighted by Crippen LogP contribution is -2.60. The topological polar surface area (TPSA) is 25.0 Å². The van der Waals surface area contributed by atoms with Crippen molar-refractivity contribution < 1.29 is 4.48 Å². The molecule has 1 aliphatic rings. The molecule has 0 aliphatic carbocycles. The number of hydrogen-bond donors (Lipinski definition) is 1. The van der Waals surface area contributed by atoms with Crippen molar-refractivity contribution in [2.45, 2.75) is 0 Å². The second-order valence-corrected chi connectivity index (χ2v) is 6.57. The first-order chi connectivity index (χ1) is 8.28. The molecule has 1 N–H and O–H groups in total. The molecule has 0 bridgehead atoms. The van der Waals surface area contributed by atoms with Crippen molar-refractivity contribution in [1.82, 2.24) is 24.9 Å². The van der Waals surface area contributed by atoms with Crippen molar-refractivity contribution in [1.29, 1.82) is 0 Å². The molecule has 0 atom stereocenters. The van der Waals surface area contributed by atoms with Gasteiger partial charge in [0.15, 0.2) is 0 Å². The molecule has 1 fully saturated rings. The van der Waals surface area contributed by atoms with Gasteiger partial charge < -0.3 is 4.48 Å². The molecule has 0 aromatic heterocycles. The summed E-state index contributed by atoms with van der Waals surface area (Å²) in [6.07, 6.45) is 0. The van der Waals surface area contributed by atoms with E-state index in [9.17, 15) is 0 Å². The maximum atomic E-state index is 3.47. The molecule has 0 saturated carbocycles. The number of hydrogen-bond acceptors (Lipinski definition) is 5. The SMILES string of the molecule is CN(C)CN1CNCN(C[N+](C)(C)CN(C)C)C1. The number of nitrogens with zero attached hydrogens (tertiary/aromatic N) is 5. The van der Waals surface area contributed by atoms with Crippen LogP contribution in [0.1, 0.15) is 0 Å². The summed E-state index contributed by atoms with van der Waals surface area (Å²) >= 11 is 0. The summed E-state index contributed by atoms with van der Waals surface area (Å²) in [5.74, 6) is 0. The number of rotatable bonds is 6. The molecule has 0 aromatic rings. The molecule has 6 nitrogen and oxygen atoms in total. The second-order valence-electron chi connectivity index (χ2n) is 6.57. The van der Waals surface area contributed by atoms with E-state index < -0.39 is 0 Å². The lowest BCUT2D eigenvalue weighted by molar-refractivity contribution is -0.909. The van der Waals surface area contributed by atoms with Crippen LogP contribution in [0.25, 0.3) is 0 Å². The molecular weight excluding hydrogens is 228 g/mol. The third-order valence-electron chi connectivity index (χ3n) is 2.80. The molecule has 18 heavy (non-hydrogen) atoms. The van der Waals surface area contributed by atoms with Crippen LogP contribution in [0.2, 0.25) is 0 Å². The molecule has 0 amide bonds. The Kier molecular flexibility index (Phi) is 5.97. The van der Waals surface area contributed by atoms with Crippen LogP contribution in [0.15, 0.2) is 0 Å². The third kappa shape index (κ3) is 6.08. The zero-order chi connectivity index (χ0) is 13.8. The third-order valence-corrected chi connectivity index (χ3v) is 2.80. The van der Waals surface area contributed by atoms with Crippen molar-refractivity contribution in [3.8, 4) is 0 Å². The van der Waals surface area contributed by atoms with Gasteiger partial charge in [-0.1, -0.05) is 0 Å². The van der Waals surface area contributed by atoms with E-state index >= 15 is 0 Å². The fraction of sp³-hybridized carbons (Fsp3) is 1.00. The average molecular weight is 259 g/mol. The van der Waals surface area contributed by atoms with E-state index in [1.165, 1.54) is 0 Å². The Labute approximate surface area is 112 Å². The Balaban J connectivity index is 2.41. The summed E-state index contributed by atoms with van der Waals surface area (Å²) < 4.78 is 0.991. The number of nitrogens with one attached hydrogen (secondary N) is 1. The minimum absolute atomic E-state index is 0.982. The van der Waals surface area contributed by atoms with Gasteiger partial charge in [0.05, 0.1) is 40.8 Å². The fourth-order valence-electron chi connectivity index (χ4n) is 2.69. The van der Waals surface area contributed by atoms with E-state index in [1.807, 2.05) is 0 Å². The quantitative estimate of drug-likeness (QED) is 0.494. The smallest absolute Gasteiger partial charge is 0.137 e. The van der Waals surface area contributed by atoms with Crippen LogP contribution < -0.4 is 5.32 Å². The monoisotopic (exact) mass is 259 g/mol. The molecule has 108 valence electrons. The molecule has 0 radical (unpaired) electrons. The normalized spacial score (nSPS) is 20.0. The van der Waals surface area contributed by atoms with Crippen molar-refractivity contribution in [3.05, 3.63) is 0 Å². The first-order valence-corrected chi connectivity index (χ1v) is 6.55. The highest BCUT2D eigenvalue weighted by molar-refractivity contribution is 4.62. The minimum atomic E-state index is 0.982. The van der Waals surface area contributed by atoms with Gasteiger partial charge in [0.2, 0.25) is 0 Å². The van der Waals surface area contributed by atoms with Crippen LogP contribution in [0.5, 0.6) is 0 Å². The molecule has 0 unspecified atom stereocenters. The van der Waals surface area contributed by atoms with Crippen LogP contribution in [0.4, 0.5) is 0 Å². The summed E-state index contributed by atoms with van der Waals surface area (Å²) in [5, 5.41) is 3.47. The van der Waals surface area contributed by atoms with Gasteiger partial charge in [0, 0.05) is 0 Å². The standard InChI is InChI=1S/C12H31N6/c1-14(2)9-16-7-13-8-17(10-16)12-18(5,6)11-15(3)4/h13H,7-12H2,1-6H3/q+1. The number of quaternary nitrogens is 1. The maximum absolute atomic E-state index is 3.47. The summed E-state index contributed by atoms with van der Waals surface area (Å²) in [4.78, 5) is 9.34. The molecule has 6 heteroatoms. The van der Waals surface area contributed by atoms with E-state index in [0.717, 1.165) is 44.5 Å². The summed E-state index contributed by atoms with van der Waals surface area (Å²) in [6, 6.07) is 0. The van der Waals surface area contributed by atoms with Gasteiger partial charge >= 0.3 is 0 Å². The van der Waals surface area contributed by atoms with Crippen molar-refractivity contribution >= 4 is 0 Å². The maximum Gasteiger partial charge on any atom is 0.137 e. The molecule has 0 aromatic carbocycles. The van der Waals surface area contributed by atoms with Gasteiger partial charge in [-0.25, -0.2) is 4.90 Å². The summed E-state index contributed by atoms with van der Waals surface area (Å²) in [7, 11) is 13.1. The zero-order valence-electron chi connectivity index (χ0n) is 13.0. The predicted molar refractivity (Wildman–Crippen MR) is 75.5 cm³/mol. The van der Waals surface area contributed by atoms with Crippen molar-refractivity contribution in [3.63, 3.8) is 0 Å². The van der Waals surface area contributed by atoms with E-state index in [1.54, 1.807) is 0 Å². The minimum Gasteiger partial charge on any atom is -0.303 e. The molecule has 0 spiro atoms. The average Bonchev–Trinajstić information content (AvgIpc) is 2.13. The molecule has 1 saturated heterocycles. The van der Waals surface area contributed by atoms with E-state index in [-0.39, 0.29) is 0 Å². The Bertz CT molecular complexity index is 241. The van der Waals surface area contributed by atoms with E-state index in [0.29, 0.717) is 0 Å². The fourth-order valence-corrected chi connectivity index (χ4v) is 2.69. The van der Waals surface area contributed by atoms with Gasteiger partial charge in [0.1, 0.15) is 13.3 Å². The lowest BCUT2D eigenvalue weighted by atomic mass is 10.5. The molecule has 1 aliphatic heterocycles. The first-order valence-electron chi connectivity index (χ1n) is 6.55. The highest BCUT2D eigenvalue weighted by atomic mass is 15.5. The molecule has 1 heterocycles. The highest BCUT2D eigenvalue weighted by Gasteiger charge is 2.24. The molecule has 1 rings (SSSR count). The second kappa shape index (κ2) is 6.79. The summed E-state index contributed by atoms with van der Waals surface area (Å²) in [5.41, 5.74) is 0. The van der Waals surface area contributed by atoms with Crippen LogP contribution >= 0.6 is 0 Å². The summed E-state index contributed by atoms with van der Waals surface area (Å²) in [6.45, 7) is 6.14. The lowest BCUT2D eigenvalue weighted by Gasteiger charge is -2.42. The predicted octanol–water partition coefficient (Wildman–Crippen LogP) is -0.862. The van der Waals surface area contributed by atoms with Crippen molar-refractivity contribution in [2.24, 2.45) is 0 Å². The van der Waals surface area contributed by atoms with Gasteiger partial charge in [-0.05, 0) is 28.2 Å². The van der Waals surface area contributed by atoms with E-state index in [2.05, 4.69) is 67.2 Å². The van der Waals surface area contributed by atoms with Gasteiger partial charge in [-0.15, -0.1) is 0 Å². The Hall–Kier alpha value is -0.240. The van der Waals surface area contributed by atoms with Crippen LogP contribution in [0.3, 0.4) is 0 Å². The van der Waals surface area contributed by atoms with Gasteiger partial charge in [-0.3, -0.25) is 20.0 Å². The van der Waals surface area contributed by atoms with Crippen LogP contribution in [0, 0.1) is 0 Å². The highest BCUT2D eigenvalue weighted by Crippen LogP contribution is 2.05. The molecular formula is C12H31N6+.